The second-order valence-corrected chi connectivity index (χ2v) is 3.83. The predicted octanol–water partition coefficient (Wildman–Crippen LogP) is 3.04. The molecule has 0 fully saturated rings. The fourth-order valence-electron chi connectivity index (χ4n) is 1.42. The Hall–Kier alpha value is -0.330. The second-order valence-electron chi connectivity index (χ2n) is 3.83. The van der Waals surface area contributed by atoms with Gasteiger partial charge in [0.1, 0.15) is 5.78 Å². The molecule has 1 atom stereocenters. The lowest BCUT2D eigenvalue weighted by Crippen LogP contribution is -2.06. The Morgan fingerprint density at radius 1 is 1.27 bits per heavy atom. The first-order valence-electron chi connectivity index (χ1n) is 4.58. The number of hydrogen-bond donors (Lipinski definition) is 0. The zero-order valence-electron chi connectivity index (χ0n) is 8.18. The van der Waals surface area contributed by atoms with E-state index >= 15 is 0 Å². The van der Waals surface area contributed by atoms with E-state index in [1.807, 2.05) is 6.92 Å². The third-order valence-corrected chi connectivity index (χ3v) is 1.84. The largest absolute Gasteiger partial charge is 0.300 e. The van der Waals surface area contributed by atoms with E-state index in [1.165, 1.54) is 6.42 Å². The van der Waals surface area contributed by atoms with E-state index < -0.39 is 0 Å². The third-order valence-electron chi connectivity index (χ3n) is 1.84. The summed E-state index contributed by atoms with van der Waals surface area (Å²) in [5.41, 5.74) is 0. The minimum atomic E-state index is 0.401. The molecule has 0 aliphatic heterocycles. The molecular weight excluding hydrogens is 136 g/mol. The fourth-order valence-corrected chi connectivity index (χ4v) is 1.42. The Bertz CT molecular complexity index is 116. The number of ketones is 1. The summed E-state index contributed by atoms with van der Waals surface area (Å²) in [7, 11) is 0. The fraction of sp³-hybridized carbons (Fsp3) is 0.900. The topological polar surface area (TPSA) is 17.1 Å². The van der Waals surface area contributed by atoms with Crippen LogP contribution in [0.2, 0.25) is 0 Å². The van der Waals surface area contributed by atoms with E-state index in [0.717, 1.165) is 12.3 Å². The molecule has 0 amide bonds. The van der Waals surface area contributed by atoms with Gasteiger partial charge < -0.3 is 0 Å². The van der Waals surface area contributed by atoms with Crippen LogP contribution in [0.25, 0.3) is 0 Å². The van der Waals surface area contributed by atoms with Crippen LogP contribution in [0.1, 0.15) is 47.0 Å². The standard InChI is InChI=1S/C10H20O/c1-5-10(11)7-9(4)6-8(2)3/h8-9H,5-7H2,1-4H3. The lowest BCUT2D eigenvalue weighted by atomic mass is 9.94. The van der Waals surface area contributed by atoms with Crippen LogP contribution in [-0.2, 0) is 4.79 Å². The maximum absolute atomic E-state index is 11.0. The van der Waals surface area contributed by atoms with Gasteiger partial charge in [-0.2, -0.15) is 0 Å². The molecule has 0 aliphatic rings. The second kappa shape index (κ2) is 5.34. The van der Waals surface area contributed by atoms with Crippen molar-refractivity contribution in [3.05, 3.63) is 0 Å². The number of rotatable bonds is 5. The van der Waals surface area contributed by atoms with Crippen molar-refractivity contribution in [1.29, 1.82) is 0 Å². The predicted molar refractivity (Wildman–Crippen MR) is 48.5 cm³/mol. The summed E-state index contributed by atoms with van der Waals surface area (Å²) in [6.45, 7) is 8.50. The van der Waals surface area contributed by atoms with Gasteiger partial charge in [-0.3, -0.25) is 4.79 Å². The molecule has 0 rings (SSSR count). The van der Waals surface area contributed by atoms with Gasteiger partial charge in [-0.15, -0.1) is 0 Å². The summed E-state index contributed by atoms with van der Waals surface area (Å²) in [6.07, 6.45) is 2.64. The Labute approximate surface area is 70.2 Å². The first-order valence-corrected chi connectivity index (χ1v) is 4.58. The van der Waals surface area contributed by atoms with Gasteiger partial charge >= 0.3 is 0 Å². The lowest BCUT2D eigenvalue weighted by molar-refractivity contribution is -0.119. The van der Waals surface area contributed by atoms with Gasteiger partial charge in [0.05, 0.1) is 0 Å². The van der Waals surface area contributed by atoms with Crippen molar-refractivity contribution in [2.45, 2.75) is 47.0 Å². The van der Waals surface area contributed by atoms with Gasteiger partial charge in [0.2, 0.25) is 0 Å². The first kappa shape index (κ1) is 10.7. The summed E-state index contributed by atoms with van der Waals surface area (Å²) < 4.78 is 0. The maximum Gasteiger partial charge on any atom is 0.132 e. The monoisotopic (exact) mass is 156 g/mol. The summed E-state index contributed by atoms with van der Waals surface area (Å²) in [6, 6.07) is 0. The third kappa shape index (κ3) is 6.08. The normalized spacial score (nSPS) is 13.5. The minimum absolute atomic E-state index is 0.401. The van der Waals surface area contributed by atoms with Gasteiger partial charge in [0.25, 0.3) is 0 Å². The summed E-state index contributed by atoms with van der Waals surface area (Å²) in [4.78, 5) is 11.0. The number of carbonyl (C=O) groups excluding carboxylic acids is 1. The van der Waals surface area contributed by atoms with E-state index in [-0.39, 0.29) is 0 Å². The van der Waals surface area contributed by atoms with Crippen molar-refractivity contribution in [2.75, 3.05) is 0 Å². The summed E-state index contributed by atoms with van der Waals surface area (Å²) >= 11 is 0. The van der Waals surface area contributed by atoms with Gasteiger partial charge in [-0.1, -0.05) is 27.7 Å². The highest BCUT2D eigenvalue weighted by atomic mass is 16.1. The molecule has 0 saturated carbocycles. The van der Waals surface area contributed by atoms with Crippen molar-refractivity contribution in [2.24, 2.45) is 11.8 Å². The SMILES string of the molecule is CCC(=O)CC(C)CC(C)C. The number of carbonyl (C=O) groups is 1. The van der Waals surface area contributed by atoms with Gasteiger partial charge in [0.15, 0.2) is 0 Å². The molecule has 11 heavy (non-hydrogen) atoms. The molecule has 0 spiro atoms. The molecule has 0 aromatic carbocycles. The van der Waals surface area contributed by atoms with Crippen LogP contribution < -0.4 is 0 Å². The van der Waals surface area contributed by atoms with Crippen LogP contribution in [0.4, 0.5) is 0 Å². The minimum Gasteiger partial charge on any atom is -0.300 e. The Morgan fingerprint density at radius 2 is 1.82 bits per heavy atom. The van der Waals surface area contributed by atoms with Crippen molar-refractivity contribution in [3.8, 4) is 0 Å². The van der Waals surface area contributed by atoms with Crippen LogP contribution in [0.5, 0.6) is 0 Å². The first-order chi connectivity index (χ1) is 5.06. The zero-order chi connectivity index (χ0) is 8.85. The van der Waals surface area contributed by atoms with Crippen LogP contribution in [-0.4, -0.2) is 5.78 Å². The Kier molecular flexibility index (Phi) is 5.18. The molecule has 0 aromatic rings. The summed E-state index contributed by atoms with van der Waals surface area (Å²) in [5.74, 6) is 1.69. The zero-order valence-corrected chi connectivity index (χ0v) is 8.18. The smallest absolute Gasteiger partial charge is 0.132 e. The molecule has 0 heterocycles. The highest BCUT2D eigenvalue weighted by molar-refractivity contribution is 5.78. The van der Waals surface area contributed by atoms with E-state index in [1.54, 1.807) is 0 Å². The molecular formula is C10H20O. The van der Waals surface area contributed by atoms with Crippen molar-refractivity contribution < 1.29 is 4.79 Å². The van der Waals surface area contributed by atoms with Crippen LogP contribution in [0, 0.1) is 11.8 Å². The highest BCUT2D eigenvalue weighted by Crippen LogP contribution is 2.15. The van der Waals surface area contributed by atoms with Gasteiger partial charge in [-0.25, -0.2) is 0 Å². The van der Waals surface area contributed by atoms with Crippen molar-refractivity contribution in [3.63, 3.8) is 0 Å². The highest BCUT2D eigenvalue weighted by Gasteiger charge is 2.08. The van der Waals surface area contributed by atoms with Crippen molar-refractivity contribution in [1.82, 2.24) is 0 Å². The summed E-state index contributed by atoms with van der Waals surface area (Å²) in [5, 5.41) is 0. The maximum atomic E-state index is 11.0. The van der Waals surface area contributed by atoms with E-state index in [9.17, 15) is 4.79 Å². The van der Waals surface area contributed by atoms with Crippen LogP contribution >= 0.6 is 0 Å². The molecule has 1 nitrogen and oxygen atoms in total. The molecule has 0 N–H and O–H groups in total. The number of Topliss-reactive ketones (excluding diaryl/α,β-unsaturated/α-hetero) is 1. The molecule has 66 valence electrons. The Balaban J connectivity index is 3.51. The lowest BCUT2D eigenvalue weighted by Gasteiger charge is -2.11. The van der Waals surface area contributed by atoms with Crippen molar-refractivity contribution >= 4 is 5.78 Å². The molecule has 0 saturated heterocycles. The van der Waals surface area contributed by atoms with E-state index in [0.29, 0.717) is 18.1 Å². The molecule has 0 aromatic heterocycles. The molecule has 1 heteroatoms. The molecule has 0 radical (unpaired) electrons. The Morgan fingerprint density at radius 3 is 2.18 bits per heavy atom. The van der Waals surface area contributed by atoms with E-state index in [2.05, 4.69) is 20.8 Å². The average Bonchev–Trinajstić information content (AvgIpc) is 1.85. The van der Waals surface area contributed by atoms with Gasteiger partial charge in [-0.05, 0) is 18.3 Å². The number of hydrogen-bond acceptors (Lipinski definition) is 1. The quantitative estimate of drug-likeness (QED) is 0.598. The van der Waals surface area contributed by atoms with Gasteiger partial charge in [0, 0.05) is 12.8 Å². The van der Waals surface area contributed by atoms with Crippen LogP contribution in [0.3, 0.4) is 0 Å². The molecule has 0 bridgehead atoms. The average molecular weight is 156 g/mol. The van der Waals surface area contributed by atoms with Crippen LogP contribution in [0.15, 0.2) is 0 Å². The molecule has 1 unspecified atom stereocenters. The van der Waals surface area contributed by atoms with E-state index in [4.69, 9.17) is 0 Å². The molecule has 0 aliphatic carbocycles.